The molecule has 4 aromatic rings. The van der Waals surface area contributed by atoms with Crippen LogP contribution in [0.1, 0.15) is 85.8 Å². The molecule has 2 atom stereocenters. The maximum atomic E-state index is 14.4. The van der Waals surface area contributed by atoms with Gasteiger partial charge in [-0.05, 0) is 81.3 Å². The summed E-state index contributed by atoms with van der Waals surface area (Å²) >= 11 is 0. The smallest absolute Gasteiger partial charge is 0.295 e. The molecule has 0 radical (unpaired) electrons. The summed E-state index contributed by atoms with van der Waals surface area (Å²) in [5.74, 6) is -0.434. The van der Waals surface area contributed by atoms with Gasteiger partial charge in [0.1, 0.15) is 11.7 Å². The van der Waals surface area contributed by atoms with Crippen LogP contribution >= 0.6 is 0 Å². The molecule has 2 fully saturated rings. The number of ether oxygens (including phenoxy) is 2. The standard InChI is InChI=1S/C31H35F2N5O4S/c1-19-8-7-9-21(34-19)17-22-18-24(28-30(35-22)38(31(37-28)29(32)33)27-11-4-6-15-42-27)36-23-13-12-20(16-26(23)43(2,39)40)25-10-3-5-14-41-25/h7-9,12-13,16,18,25,27,29H,3-6,10-11,14-15,17H2,1-2H3,(H,35,36). The highest BCUT2D eigenvalue weighted by molar-refractivity contribution is 7.90. The zero-order chi connectivity index (χ0) is 30.1. The number of anilines is 2. The average molecular weight is 612 g/mol. The molecule has 0 amide bonds. The van der Waals surface area contributed by atoms with Crippen molar-refractivity contribution in [3.8, 4) is 0 Å². The van der Waals surface area contributed by atoms with Crippen molar-refractivity contribution < 1.29 is 26.7 Å². The molecule has 2 saturated heterocycles. The lowest BCUT2D eigenvalue weighted by Crippen LogP contribution is -2.20. The van der Waals surface area contributed by atoms with Crippen molar-refractivity contribution in [3.05, 3.63) is 70.9 Å². The molecule has 0 spiro atoms. The first-order chi connectivity index (χ1) is 20.7. The van der Waals surface area contributed by atoms with Crippen LogP contribution in [0, 0.1) is 6.92 Å². The highest BCUT2D eigenvalue weighted by atomic mass is 32.2. The van der Waals surface area contributed by atoms with Crippen molar-refractivity contribution >= 4 is 32.4 Å². The van der Waals surface area contributed by atoms with E-state index in [0.29, 0.717) is 43.1 Å². The van der Waals surface area contributed by atoms with Crippen molar-refractivity contribution in [3.63, 3.8) is 0 Å². The molecule has 2 aliphatic rings. The van der Waals surface area contributed by atoms with Crippen LogP contribution < -0.4 is 5.32 Å². The first-order valence-corrected chi connectivity index (χ1v) is 16.5. The fourth-order valence-corrected chi connectivity index (χ4v) is 6.73. The number of hydrogen-bond donors (Lipinski definition) is 1. The third-order valence-corrected chi connectivity index (χ3v) is 9.04. The Morgan fingerprint density at radius 1 is 0.953 bits per heavy atom. The second-order valence-corrected chi connectivity index (χ2v) is 13.2. The van der Waals surface area contributed by atoms with Crippen LogP contribution in [0.2, 0.25) is 0 Å². The van der Waals surface area contributed by atoms with Gasteiger partial charge in [0, 0.05) is 37.3 Å². The molecule has 2 unspecified atom stereocenters. The number of benzene rings is 1. The maximum absolute atomic E-state index is 14.4. The topological polar surface area (TPSA) is 108 Å². The Labute approximate surface area is 249 Å². The lowest BCUT2D eigenvalue weighted by atomic mass is 10.0. The van der Waals surface area contributed by atoms with E-state index in [0.717, 1.165) is 55.3 Å². The van der Waals surface area contributed by atoms with Gasteiger partial charge in [0.2, 0.25) is 0 Å². The normalized spacial score (nSPS) is 19.7. The molecule has 1 aromatic carbocycles. The van der Waals surface area contributed by atoms with E-state index in [1.165, 1.54) is 4.57 Å². The predicted octanol–water partition coefficient (Wildman–Crippen LogP) is 6.75. The molecule has 0 aliphatic carbocycles. The maximum Gasteiger partial charge on any atom is 0.295 e. The third-order valence-electron chi connectivity index (χ3n) is 7.90. The number of aromatic nitrogens is 4. The fourth-order valence-electron chi connectivity index (χ4n) is 5.86. The van der Waals surface area contributed by atoms with E-state index in [1.807, 2.05) is 31.2 Å². The summed E-state index contributed by atoms with van der Waals surface area (Å²) in [7, 11) is -3.67. The van der Waals surface area contributed by atoms with Crippen molar-refractivity contribution in [2.24, 2.45) is 0 Å². The van der Waals surface area contributed by atoms with Crippen molar-refractivity contribution in [2.45, 2.75) is 75.5 Å². The van der Waals surface area contributed by atoms with E-state index < -0.39 is 28.3 Å². The van der Waals surface area contributed by atoms with Gasteiger partial charge in [0.15, 0.2) is 21.3 Å². The minimum Gasteiger partial charge on any atom is -0.374 e. The Bertz CT molecular complexity index is 1730. The lowest BCUT2D eigenvalue weighted by Gasteiger charge is -2.25. The molecular formula is C31H35F2N5O4S. The molecule has 2 aliphatic heterocycles. The summed E-state index contributed by atoms with van der Waals surface area (Å²) in [6, 6.07) is 12.6. The van der Waals surface area contributed by atoms with Gasteiger partial charge in [0.05, 0.1) is 28.1 Å². The second-order valence-electron chi connectivity index (χ2n) is 11.3. The van der Waals surface area contributed by atoms with Crippen LogP contribution in [0.4, 0.5) is 20.2 Å². The van der Waals surface area contributed by atoms with Crippen LogP contribution in [-0.4, -0.2) is 47.4 Å². The van der Waals surface area contributed by atoms with Gasteiger partial charge in [-0.1, -0.05) is 12.1 Å². The number of halogens is 2. The number of imidazole rings is 1. The molecular weight excluding hydrogens is 576 g/mol. The molecule has 6 rings (SSSR count). The van der Waals surface area contributed by atoms with Gasteiger partial charge in [-0.25, -0.2) is 27.2 Å². The predicted molar refractivity (Wildman–Crippen MR) is 158 cm³/mol. The quantitative estimate of drug-likeness (QED) is 0.233. The van der Waals surface area contributed by atoms with E-state index in [1.54, 1.807) is 18.2 Å². The highest BCUT2D eigenvalue weighted by Crippen LogP contribution is 2.38. The second kappa shape index (κ2) is 12.3. The zero-order valence-corrected chi connectivity index (χ0v) is 25.0. The number of alkyl halides is 2. The molecule has 0 saturated carbocycles. The van der Waals surface area contributed by atoms with Crippen LogP contribution in [0.5, 0.6) is 0 Å². The first kappa shape index (κ1) is 29.6. The number of hydrogen-bond acceptors (Lipinski definition) is 8. The van der Waals surface area contributed by atoms with Gasteiger partial charge in [-0.3, -0.25) is 9.55 Å². The van der Waals surface area contributed by atoms with Gasteiger partial charge in [-0.2, -0.15) is 0 Å². The third kappa shape index (κ3) is 6.41. The van der Waals surface area contributed by atoms with Gasteiger partial charge in [-0.15, -0.1) is 0 Å². The Morgan fingerprint density at radius 2 is 1.74 bits per heavy atom. The largest absolute Gasteiger partial charge is 0.374 e. The van der Waals surface area contributed by atoms with E-state index >= 15 is 0 Å². The number of pyridine rings is 2. The minimum atomic E-state index is -3.67. The molecule has 9 nitrogen and oxygen atoms in total. The number of aryl methyl sites for hydroxylation is 1. The van der Waals surface area contributed by atoms with Crippen molar-refractivity contribution in [1.29, 1.82) is 0 Å². The number of sulfone groups is 1. The van der Waals surface area contributed by atoms with Crippen molar-refractivity contribution in [2.75, 3.05) is 24.8 Å². The Morgan fingerprint density at radius 3 is 2.42 bits per heavy atom. The van der Waals surface area contributed by atoms with Gasteiger partial charge >= 0.3 is 0 Å². The Balaban J connectivity index is 1.49. The number of nitrogens with zero attached hydrogens (tertiary/aromatic N) is 4. The van der Waals surface area contributed by atoms with E-state index in [-0.39, 0.29) is 22.2 Å². The van der Waals surface area contributed by atoms with Crippen molar-refractivity contribution in [1.82, 2.24) is 19.5 Å². The zero-order valence-electron chi connectivity index (χ0n) is 24.2. The Kier molecular flexibility index (Phi) is 8.43. The van der Waals surface area contributed by atoms with Crippen LogP contribution in [0.3, 0.4) is 0 Å². The molecule has 43 heavy (non-hydrogen) atoms. The molecule has 5 heterocycles. The minimum absolute atomic E-state index is 0.0927. The summed E-state index contributed by atoms with van der Waals surface area (Å²) < 4.78 is 68.1. The SMILES string of the molecule is Cc1cccc(Cc2cc(Nc3ccc(C4CCCCO4)cc3S(C)(=O)=O)c3nc(C(F)F)n(C4CCCCO4)c3n2)n1. The number of rotatable bonds is 8. The molecule has 12 heteroatoms. The molecule has 0 bridgehead atoms. The number of nitrogens with one attached hydrogen (secondary N) is 1. The molecule has 1 N–H and O–H groups in total. The van der Waals surface area contributed by atoms with Gasteiger partial charge in [0.25, 0.3) is 6.43 Å². The first-order valence-electron chi connectivity index (χ1n) is 14.6. The van der Waals surface area contributed by atoms with E-state index in [4.69, 9.17) is 14.5 Å². The average Bonchev–Trinajstić information content (AvgIpc) is 3.38. The van der Waals surface area contributed by atoms with Crippen LogP contribution in [-0.2, 0) is 25.7 Å². The highest BCUT2D eigenvalue weighted by Gasteiger charge is 2.29. The Hall–Kier alpha value is -3.48. The van der Waals surface area contributed by atoms with Crippen LogP contribution in [0.25, 0.3) is 11.2 Å². The number of fused-ring (bicyclic) bond motifs is 1. The summed E-state index contributed by atoms with van der Waals surface area (Å²) in [5.41, 5.74) is 4.12. The molecule has 228 valence electrons. The van der Waals surface area contributed by atoms with Crippen LogP contribution in [0.15, 0.2) is 47.4 Å². The van der Waals surface area contributed by atoms with E-state index in [9.17, 15) is 17.2 Å². The summed E-state index contributed by atoms with van der Waals surface area (Å²) in [5, 5.41) is 3.23. The molecule has 3 aromatic heterocycles. The summed E-state index contributed by atoms with van der Waals surface area (Å²) in [4.78, 5) is 13.8. The summed E-state index contributed by atoms with van der Waals surface area (Å²) in [6.07, 6.45) is 2.87. The van der Waals surface area contributed by atoms with Gasteiger partial charge < -0.3 is 14.8 Å². The monoisotopic (exact) mass is 611 g/mol. The fraction of sp³-hybridized carbons (Fsp3) is 0.452. The van der Waals surface area contributed by atoms with E-state index in [2.05, 4.69) is 15.3 Å². The lowest BCUT2D eigenvalue weighted by molar-refractivity contribution is -0.0363. The summed E-state index contributed by atoms with van der Waals surface area (Å²) in [6.45, 7) is 2.98.